The molecule has 2 rings (SSSR count). The first kappa shape index (κ1) is 29.2. The summed E-state index contributed by atoms with van der Waals surface area (Å²) in [6.45, 7) is 8.46. The lowest BCUT2D eigenvalue weighted by Crippen LogP contribution is -2.54. The van der Waals surface area contributed by atoms with E-state index in [0.29, 0.717) is 24.6 Å². The monoisotopic (exact) mass is 513 g/mol. The van der Waals surface area contributed by atoms with Crippen molar-refractivity contribution < 1.29 is 19.1 Å². The van der Waals surface area contributed by atoms with Crippen LogP contribution in [0.1, 0.15) is 39.7 Å². The number of hydrogen-bond donors (Lipinski definition) is 1. The van der Waals surface area contributed by atoms with Gasteiger partial charge in [0.05, 0.1) is 10.9 Å². The third kappa shape index (κ3) is 9.57. The van der Waals surface area contributed by atoms with E-state index in [1.807, 2.05) is 61.5 Å². The highest BCUT2D eigenvalue weighted by molar-refractivity contribution is 8.13. The number of benzene rings is 2. The van der Waals surface area contributed by atoms with Gasteiger partial charge in [-0.25, -0.2) is 4.79 Å². The standard InChI is InChI=1S/C28H39N3O4S/c1-20(2)16-17-31(21(3)19-35-25-14-10-11-15-26(25)36-22(4)32)28(34)29-24(27(33)30(5)6)18-23-12-8-7-9-13-23/h7-15,20-21,24H,16-19H2,1-6H3,(H,29,34)/t21?,24-/m0/s1. The number of nitrogens with zero attached hydrogens (tertiary/aromatic N) is 2. The maximum absolute atomic E-state index is 13.5. The first-order valence-corrected chi connectivity index (χ1v) is 13.1. The molecule has 0 radical (unpaired) electrons. The molecule has 7 nitrogen and oxygen atoms in total. The Bertz CT molecular complexity index is 997. The van der Waals surface area contributed by atoms with Gasteiger partial charge in [0.25, 0.3) is 0 Å². The van der Waals surface area contributed by atoms with Crippen molar-refractivity contribution in [3.05, 3.63) is 60.2 Å². The first-order valence-electron chi connectivity index (χ1n) is 12.3. The van der Waals surface area contributed by atoms with Gasteiger partial charge in [-0.2, -0.15) is 0 Å². The van der Waals surface area contributed by atoms with Gasteiger partial charge in [-0.1, -0.05) is 56.3 Å². The maximum Gasteiger partial charge on any atom is 0.318 e. The topological polar surface area (TPSA) is 79.0 Å². The first-order chi connectivity index (χ1) is 17.1. The second kappa shape index (κ2) is 14.5. The molecule has 0 aromatic heterocycles. The summed E-state index contributed by atoms with van der Waals surface area (Å²) in [5.41, 5.74) is 0.975. The zero-order valence-corrected chi connectivity index (χ0v) is 23.0. The summed E-state index contributed by atoms with van der Waals surface area (Å²) >= 11 is 1.12. The number of thioether (sulfide) groups is 1. The third-order valence-corrected chi connectivity index (χ3v) is 6.49. The average Bonchev–Trinajstić information content (AvgIpc) is 2.82. The summed E-state index contributed by atoms with van der Waals surface area (Å²) in [5, 5.41) is 2.96. The molecule has 36 heavy (non-hydrogen) atoms. The fourth-order valence-electron chi connectivity index (χ4n) is 3.62. The fourth-order valence-corrected chi connectivity index (χ4v) is 4.31. The van der Waals surface area contributed by atoms with Gasteiger partial charge >= 0.3 is 6.03 Å². The van der Waals surface area contributed by atoms with E-state index in [2.05, 4.69) is 19.2 Å². The molecule has 2 aromatic carbocycles. The van der Waals surface area contributed by atoms with Crippen molar-refractivity contribution in [2.75, 3.05) is 27.2 Å². The molecule has 0 saturated heterocycles. The molecule has 2 atom stereocenters. The van der Waals surface area contributed by atoms with Gasteiger partial charge in [-0.3, -0.25) is 9.59 Å². The SMILES string of the molecule is CC(=O)Sc1ccccc1OCC(C)N(CCC(C)C)C(=O)N[C@@H](Cc1ccccc1)C(=O)N(C)C. The van der Waals surface area contributed by atoms with Gasteiger partial charge < -0.3 is 19.9 Å². The van der Waals surface area contributed by atoms with Crippen molar-refractivity contribution in [3.63, 3.8) is 0 Å². The Morgan fingerprint density at radius 2 is 1.61 bits per heavy atom. The van der Waals surface area contributed by atoms with E-state index in [1.54, 1.807) is 19.0 Å². The molecule has 0 heterocycles. The molecule has 0 aliphatic heterocycles. The summed E-state index contributed by atoms with van der Waals surface area (Å²) in [6.07, 6.45) is 1.22. The van der Waals surface area contributed by atoms with Crippen molar-refractivity contribution >= 4 is 28.8 Å². The van der Waals surface area contributed by atoms with Crippen LogP contribution in [-0.4, -0.2) is 66.2 Å². The van der Waals surface area contributed by atoms with Crippen LogP contribution < -0.4 is 10.1 Å². The molecule has 1 N–H and O–H groups in total. The van der Waals surface area contributed by atoms with Gasteiger partial charge in [-0.05, 0) is 48.7 Å². The zero-order valence-electron chi connectivity index (χ0n) is 22.2. The lowest BCUT2D eigenvalue weighted by atomic mass is 10.0. The Labute approximate surface area is 219 Å². The maximum atomic E-state index is 13.5. The number of likely N-dealkylation sites (N-methyl/N-ethyl adjacent to an activating group) is 1. The largest absolute Gasteiger partial charge is 0.490 e. The predicted molar refractivity (Wildman–Crippen MR) is 145 cm³/mol. The minimum absolute atomic E-state index is 0.0212. The number of urea groups is 1. The average molecular weight is 514 g/mol. The number of amides is 3. The van der Waals surface area contributed by atoms with Crippen molar-refractivity contribution in [2.24, 2.45) is 5.92 Å². The molecule has 0 fully saturated rings. The van der Waals surface area contributed by atoms with Crippen LogP contribution in [0, 0.1) is 5.92 Å². The van der Waals surface area contributed by atoms with E-state index in [-0.39, 0.29) is 29.7 Å². The molecule has 3 amide bonds. The highest BCUT2D eigenvalue weighted by Crippen LogP contribution is 2.29. The summed E-state index contributed by atoms with van der Waals surface area (Å²) in [6, 6.07) is 15.8. The normalized spacial score (nSPS) is 12.5. The van der Waals surface area contributed by atoms with Crippen LogP contribution in [0.5, 0.6) is 5.75 Å². The van der Waals surface area contributed by atoms with Crippen LogP contribution in [0.4, 0.5) is 4.79 Å². The smallest absolute Gasteiger partial charge is 0.318 e. The molecule has 1 unspecified atom stereocenters. The molecule has 0 spiro atoms. The van der Waals surface area contributed by atoms with Gasteiger partial charge in [0, 0.05) is 34.0 Å². The number of carbonyl (C=O) groups excluding carboxylic acids is 3. The van der Waals surface area contributed by atoms with E-state index in [4.69, 9.17) is 4.74 Å². The molecule has 0 saturated carbocycles. The Hall–Kier alpha value is -3.00. The molecule has 196 valence electrons. The number of carbonyl (C=O) groups is 3. The van der Waals surface area contributed by atoms with Crippen molar-refractivity contribution in [1.82, 2.24) is 15.1 Å². The van der Waals surface area contributed by atoms with E-state index in [0.717, 1.165) is 28.6 Å². The lowest BCUT2D eigenvalue weighted by molar-refractivity contribution is -0.130. The molecule has 2 aromatic rings. The number of para-hydroxylation sites is 1. The molecular formula is C28H39N3O4S. The Kier molecular flexibility index (Phi) is 11.8. The van der Waals surface area contributed by atoms with Crippen LogP contribution in [0.3, 0.4) is 0 Å². The minimum atomic E-state index is -0.683. The Morgan fingerprint density at radius 1 is 0.972 bits per heavy atom. The number of ether oxygens (including phenoxy) is 1. The number of hydrogen-bond acceptors (Lipinski definition) is 5. The quantitative estimate of drug-likeness (QED) is 0.411. The van der Waals surface area contributed by atoms with E-state index in [1.165, 1.54) is 11.8 Å². The predicted octanol–water partition coefficient (Wildman–Crippen LogP) is 4.85. The van der Waals surface area contributed by atoms with Gasteiger partial charge in [0.1, 0.15) is 18.4 Å². The number of rotatable bonds is 12. The Morgan fingerprint density at radius 3 is 2.22 bits per heavy atom. The van der Waals surface area contributed by atoms with Crippen LogP contribution in [-0.2, 0) is 16.0 Å². The van der Waals surface area contributed by atoms with E-state index in [9.17, 15) is 14.4 Å². The Balaban J connectivity index is 2.17. The lowest BCUT2D eigenvalue weighted by Gasteiger charge is -2.32. The van der Waals surface area contributed by atoms with Crippen LogP contribution in [0.25, 0.3) is 0 Å². The molecule has 0 aliphatic rings. The zero-order chi connectivity index (χ0) is 26.7. The van der Waals surface area contributed by atoms with Gasteiger partial charge in [-0.15, -0.1) is 0 Å². The summed E-state index contributed by atoms with van der Waals surface area (Å²) in [5.74, 6) is 0.859. The molecule has 0 aliphatic carbocycles. The van der Waals surface area contributed by atoms with Crippen LogP contribution in [0.15, 0.2) is 59.5 Å². The molecular weight excluding hydrogens is 474 g/mol. The molecule has 8 heteroatoms. The van der Waals surface area contributed by atoms with Gasteiger partial charge in [0.2, 0.25) is 5.91 Å². The molecule has 0 bridgehead atoms. The number of nitrogens with one attached hydrogen (secondary N) is 1. The van der Waals surface area contributed by atoms with Crippen molar-refractivity contribution in [1.29, 1.82) is 0 Å². The highest BCUT2D eigenvalue weighted by atomic mass is 32.2. The van der Waals surface area contributed by atoms with Crippen LogP contribution in [0.2, 0.25) is 0 Å². The summed E-state index contributed by atoms with van der Waals surface area (Å²) < 4.78 is 6.05. The van der Waals surface area contributed by atoms with E-state index >= 15 is 0 Å². The third-order valence-electron chi connectivity index (χ3n) is 5.64. The second-order valence-electron chi connectivity index (χ2n) is 9.50. The van der Waals surface area contributed by atoms with Crippen molar-refractivity contribution in [3.8, 4) is 5.75 Å². The highest BCUT2D eigenvalue weighted by Gasteiger charge is 2.28. The summed E-state index contributed by atoms with van der Waals surface area (Å²) in [7, 11) is 3.38. The second-order valence-corrected chi connectivity index (χ2v) is 10.7. The van der Waals surface area contributed by atoms with Crippen LogP contribution >= 0.6 is 11.8 Å². The van der Waals surface area contributed by atoms with Gasteiger partial charge in [0.15, 0.2) is 5.12 Å². The fraction of sp³-hybridized carbons (Fsp3) is 0.464. The minimum Gasteiger partial charge on any atom is -0.490 e. The summed E-state index contributed by atoms with van der Waals surface area (Å²) in [4.78, 5) is 42.0. The van der Waals surface area contributed by atoms with E-state index < -0.39 is 6.04 Å². The van der Waals surface area contributed by atoms with Crippen molar-refractivity contribution in [2.45, 2.75) is 57.5 Å².